The lowest BCUT2D eigenvalue weighted by molar-refractivity contribution is -0.166. The van der Waals surface area contributed by atoms with E-state index in [4.69, 9.17) is 18.9 Å². The van der Waals surface area contributed by atoms with Crippen LogP contribution in [0.3, 0.4) is 0 Å². The molecule has 5 aromatic carbocycles. The molecule has 0 radical (unpaired) electrons. The Balaban J connectivity index is 0.000000243. The Kier molecular flexibility index (Phi) is 21.3. The summed E-state index contributed by atoms with van der Waals surface area (Å²) >= 11 is 0. The van der Waals surface area contributed by atoms with E-state index in [9.17, 15) is 58.8 Å². The van der Waals surface area contributed by atoms with Crippen LogP contribution < -0.4 is 5.32 Å². The van der Waals surface area contributed by atoms with Crippen molar-refractivity contribution in [3.05, 3.63) is 177 Å². The zero-order valence-electron chi connectivity index (χ0n) is 40.6. The fourth-order valence-corrected chi connectivity index (χ4v) is 6.96. The Bertz CT molecular complexity index is 2340. The number of aryl methyl sites for hydroxylation is 4. The topological polar surface area (TPSA) is 270 Å². The first-order valence-electron chi connectivity index (χ1n) is 22.6. The Morgan fingerprint density at radius 2 is 0.764 bits per heavy atom. The number of benzene rings is 5. The lowest BCUT2D eigenvalue weighted by atomic mass is 9.93. The van der Waals surface area contributed by atoms with Gasteiger partial charge in [0.1, 0.15) is 0 Å². The Morgan fingerprint density at radius 3 is 1.01 bits per heavy atom. The van der Waals surface area contributed by atoms with Crippen LogP contribution in [-0.2, 0) is 44.7 Å². The van der Waals surface area contributed by atoms with E-state index in [1.165, 1.54) is 73.6 Å². The summed E-state index contributed by atoms with van der Waals surface area (Å²) in [5, 5.41) is 40.7. The maximum atomic E-state index is 12.2. The molecule has 72 heavy (non-hydrogen) atoms. The molecule has 18 nitrogen and oxygen atoms in total. The van der Waals surface area contributed by atoms with E-state index >= 15 is 0 Å². The van der Waals surface area contributed by atoms with Crippen molar-refractivity contribution in [1.82, 2.24) is 10.2 Å². The molecule has 5 N–H and O–H groups in total. The van der Waals surface area contributed by atoms with E-state index in [2.05, 4.69) is 54.5 Å². The molecule has 0 aromatic heterocycles. The van der Waals surface area contributed by atoms with Crippen LogP contribution in [0.4, 0.5) is 0 Å². The predicted octanol–water partition coefficient (Wildman–Crippen LogP) is 6.56. The number of carboxylic acids is 4. The predicted molar refractivity (Wildman–Crippen MR) is 260 cm³/mol. The van der Waals surface area contributed by atoms with Crippen molar-refractivity contribution >= 4 is 47.8 Å². The summed E-state index contributed by atoms with van der Waals surface area (Å²) in [5.41, 5.74) is 5.01. The van der Waals surface area contributed by atoms with Crippen molar-refractivity contribution in [2.75, 3.05) is 20.1 Å². The van der Waals surface area contributed by atoms with Crippen LogP contribution in [0.25, 0.3) is 0 Å². The van der Waals surface area contributed by atoms with Gasteiger partial charge < -0.3 is 44.7 Å². The van der Waals surface area contributed by atoms with Crippen LogP contribution in [0.5, 0.6) is 0 Å². The zero-order valence-corrected chi connectivity index (χ0v) is 40.6. The van der Waals surface area contributed by atoms with Crippen molar-refractivity contribution in [1.29, 1.82) is 0 Å². The summed E-state index contributed by atoms with van der Waals surface area (Å²) in [6, 6.07) is 35.5. The molecule has 0 saturated carbocycles. The molecule has 5 aromatic rings. The van der Waals surface area contributed by atoms with E-state index in [0.29, 0.717) is 6.04 Å². The fourth-order valence-electron chi connectivity index (χ4n) is 6.96. The number of piperidine rings is 1. The fraction of sp³-hybridized carbons (Fsp3) is 0.296. The molecule has 6 rings (SSSR count). The molecule has 0 spiro atoms. The molecular formula is C54H58N2O16. The number of esters is 4. The van der Waals surface area contributed by atoms with Gasteiger partial charge in [-0.15, -0.1) is 0 Å². The van der Waals surface area contributed by atoms with Crippen LogP contribution in [0.1, 0.15) is 82.6 Å². The van der Waals surface area contributed by atoms with Gasteiger partial charge in [-0.25, -0.2) is 38.4 Å². The summed E-state index contributed by atoms with van der Waals surface area (Å²) in [6.45, 7) is 13.0. The first kappa shape index (κ1) is 56.4. The van der Waals surface area contributed by atoms with Gasteiger partial charge >= 0.3 is 47.8 Å². The number of nitrogens with one attached hydrogen (secondary N) is 1. The van der Waals surface area contributed by atoms with Gasteiger partial charge in [0.2, 0.25) is 24.4 Å². The van der Waals surface area contributed by atoms with Crippen molar-refractivity contribution in [2.45, 2.75) is 78.0 Å². The molecule has 6 atom stereocenters. The third kappa shape index (κ3) is 17.3. The minimum absolute atomic E-state index is 0.0332. The molecule has 1 saturated heterocycles. The molecule has 1 heterocycles. The van der Waals surface area contributed by atoms with Gasteiger partial charge in [-0.3, -0.25) is 4.90 Å². The second kappa shape index (κ2) is 27.2. The van der Waals surface area contributed by atoms with Crippen molar-refractivity contribution in [3.63, 3.8) is 0 Å². The lowest BCUT2D eigenvalue weighted by Gasteiger charge is -2.37. The Morgan fingerprint density at radius 1 is 0.486 bits per heavy atom. The number of likely N-dealkylation sites (N-methyl/N-ethyl adjacent to an activating group) is 1. The smallest absolute Gasteiger partial charge is 0.349 e. The van der Waals surface area contributed by atoms with Crippen LogP contribution in [-0.4, -0.2) is 124 Å². The number of hydrogen-bond acceptors (Lipinski definition) is 14. The molecule has 0 amide bonds. The molecular weight excluding hydrogens is 933 g/mol. The number of likely N-dealkylation sites (tertiary alicyclic amines) is 1. The second-order valence-electron chi connectivity index (χ2n) is 17.0. The van der Waals surface area contributed by atoms with E-state index in [0.717, 1.165) is 34.7 Å². The summed E-state index contributed by atoms with van der Waals surface area (Å²) in [4.78, 5) is 97.2. The summed E-state index contributed by atoms with van der Waals surface area (Å²) in [7, 11) is 2.08. The number of carbonyl (C=O) groups excluding carboxylic acids is 4. The monoisotopic (exact) mass is 990 g/mol. The number of carboxylic acid groups (broad SMARTS) is 4. The second-order valence-corrected chi connectivity index (χ2v) is 17.0. The molecule has 0 aliphatic carbocycles. The van der Waals surface area contributed by atoms with Crippen LogP contribution >= 0.6 is 0 Å². The largest absolute Gasteiger partial charge is 0.478 e. The number of aliphatic carboxylic acids is 4. The van der Waals surface area contributed by atoms with E-state index < -0.39 is 72.2 Å². The van der Waals surface area contributed by atoms with Gasteiger partial charge in [0.15, 0.2) is 0 Å². The van der Waals surface area contributed by atoms with E-state index in [1.807, 2.05) is 0 Å². The normalized spacial score (nSPS) is 15.7. The van der Waals surface area contributed by atoms with Crippen molar-refractivity contribution in [2.24, 2.45) is 5.92 Å². The standard InChI is InChI=1S/2C20H18O8.C14H22N2/c2*1-11-3-7-13(8-4-11)19(25)27-15(17(21)22)16(18(23)24)28-20(26)14-9-5-12(2)6-10-14;1-12-8-9-16(11-14(12)15-2)10-13-6-4-3-5-7-13/h2*3-10,15-16H,1-2H3,(H,21,22)(H,23,24);3-7,12,14-15H,8-11H2,1-2H3/t2*15-,16-;12-,14+/m001/s1. The molecule has 1 fully saturated rings. The molecule has 0 bridgehead atoms. The first-order valence-corrected chi connectivity index (χ1v) is 22.6. The van der Waals surface area contributed by atoms with Crippen LogP contribution in [0.15, 0.2) is 127 Å². The van der Waals surface area contributed by atoms with Gasteiger partial charge in [0.25, 0.3) is 0 Å². The minimum atomic E-state index is -2.22. The molecule has 18 heteroatoms. The summed E-state index contributed by atoms with van der Waals surface area (Å²) in [5.74, 6) is -10.4. The van der Waals surface area contributed by atoms with Gasteiger partial charge in [0, 0.05) is 19.1 Å². The Labute approximate surface area is 416 Å². The first-order chi connectivity index (χ1) is 34.2. The highest BCUT2D eigenvalue weighted by atomic mass is 16.6. The number of nitrogens with zero attached hydrogens (tertiary/aromatic N) is 1. The van der Waals surface area contributed by atoms with Crippen molar-refractivity contribution in [3.8, 4) is 0 Å². The number of hydrogen-bond donors (Lipinski definition) is 5. The molecule has 1 aliphatic rings. The minimum Gasteiger partial charge on any atom is -0.478 e. The van der Waals surface area contributed by atoms with Crippen LogP contribution in [0.2, 0.25) is 0 Å². The maximum Gasteiger partial charge on any atom is 0.349 e. The molecule has 0 unspecified atom stereocenters. The molecule has 1 aliphatic heterocycles. The SMILES string of the molecule is CN[C@H]1CN(Cc2ccccc2)CC[C@H]1C.Cc1ccc(C(=O)O[C@H](C(=O)O)[C@H](OC(=O)c2ccc(C)cc2)C(=O)O)cc1.Cc1ccc(C(=O)O[C@H](C(=O)O)[C@H](OC(=O)c2ccc(C)cc2)C(=O)O)cc1. The number of carbonyl (C=O) groups is 8. The third-order valence-electron chi connectivity index (χ3n) is 11.3. The number of ether oxygens (including phenoxy) is 4. The maximum absolute atomic E-state index is 12.2. The molecule has 380 valence electrons. The van der Waals surface area contributed by atoms with Crippen LogP contribution in [0, 0.1) is 33.6 Å². The quantitative estimate of drug-likeness (QED) is 0.0487. The average molecular weight is 991 g/mol. The van der Waals surface area contributed by atoms with Gasteiger partial charge in [0.05, 0.1) is 22.3 Å². The van der Waals surface area contributed by atoms with Gasteiger partial charge in [-0.2, -0.15) is 0 Å². The van der Waals surface area contributed by atoms with E-state index in [-0.39, 0.29) is 22.3 Å². The Hall–Kier alpha value is -8.22. The third-order valence-corrected chi connectivity index (χ3v) is 11.3. The van der Waals surface area contributed by atoms with Gasteiger partial charge in [-0.05, 0) is 108 Å². The van der Waals surface area contributed by atoms with E-state index in [1.54, 1.807) is 76.2 Å². The highest BCUT2D eigenvalue weighted by Crippen LogP contribution is 2.20. The van der Waals surface area contributed by atoms with Gasteiger partial charge in [-0.1, -0.05) is 108 Å². The zero-order chi connectivity index (χ0) is 53.1. The highest BCUT2D eigenvalue weighted by molar-refractivity contribution is 5.96. The lowest BCUT2D eigenvalue weighted by Crippen LogP contribution is -2.48. The van der Waals surface area contributed by atoms with Crippen molar-refractivity contribution < 1.29 is 77.7 Å². The average Bonchev–Trinajstić information content (AvgIpc) is 3.35. The highest BCUT2D eigenvalue weighted by Gasteiger charge is 2.42. The summed E-state index contributed by atoms with van der Waals surface area (Å²) < 4.78 is 19.3. The number of rotatable bonds is 17. The summed E-state index contributed by atoms with van der Waals surface area (Å²) in [6.07, 6.45) is -7.58.